The van der Waals surface area contributed by atoms with E-state index in [4.69, 9.17) is 13.9 Å². The first-order chi connectivity index (χ1) is 16.0. The lowest BCUT2D eigenvalue weighted by atomic mass is 9.96. The molecular formula is C27H32N2O4. The molecule has 0 unspecified atom stereocenters. The predicted octanol–water partition coefficient (Wildman–Crippen LogP) is 4.58. The number of ether oxygens (including phenoxy) is 2. The molecule has 1 N–H and O–H groups in total. The number of carbonyl (C=O) groups is 1. The third kappa shape index (κ3) is 5.29. The predicted molar refractivity (Wildman–Crippen MR) is 132 cm³/mol. The molecule has 2 heterocycles. The van der Waals surface area contributed by atoms with E-state index < -0.39 is 0 Å². The third-order valence-electron chi connectivity index (χ3n) is 6.17. The second-order valence-electron chi connectivity index (χ2n) is 8.59. The van der Waals surface area contributed by atoms with Crippen molar-refractivity contribution >= 4 is 22.4 Å². The van der Waals surface area contributed by atoms with Crippen molar-refractivity contribution in [1.29, 1.82) is 0 Å². The van der Waals surface area contributed by atoms with Crippen molar-refractivity contribution in [1.82, 2.24) is 10.2 Å². The van der Waals surface area contributed by atoms with Crippen LogP contribution < -0.4 is 10.1 Å². The van der Waals surface area contributed by atoms with Gasteiger partial charge in [-0.3, -0.25) is 9.69 Å². The fraction of sp³-hybridized carbons (Fsp3) is 0.370. The van der Waals surface area contributed by atoms with Gasteiger partial charge in [0.25, 0.3) is 0 Å². The van der Waals surface area contributed by atoms with Gasteiger partial charge in [0.1, 0.15) is 11.3 Å². The summed E-state index contributed by atoms with van der Waals surface area (Å²) in [6, 6.07) is 10.4. The molecule has 1 saturated heterocycles. The number of morpholine rings is 1. The maximum Gasteiger partial charge on any atom is 0.244 e. The summed E-state index contributed by atoms with van der Waals surface area (Å²) in [6.45, 7) is 10.9. The Kier molecular flexibility index (Phi) is 7.16. The zero-order valence-corrected chi connectivity index (χ0v) is 19.9. The van der Waals surface area contributed by atoms with Crippen LogP contribution in [0.25, 0.3) is 27.7 Å². The third-order valence-corrected chi connectivity index (χ3v) is 6.17. The molecule has 0 saturated carbocycles. The van der Waals surface area contributed by atoms with Crippen LogP contribution in [0.4, 0.5) is 0 Å². The van der Waals surface area contributed by atoms with Gasteiger partial charge in [-0.2, -0.15) is 0 Å². The molecule has 6 heteroatoms. The second-order valence-corrected chi connectivity index (χ2v) is 8.59. The molecule has 2 aromatic carbocycles. The van der Waals surface area contributed by atoms with Crippen LogP contribution in [-0.2, 0) is 9.53 Å². The molecule has 3 aromatic rings. The quantitative estimate of drug-likeness (QED) is 0.536. The van der Waals surface area contributed by atoms with Gasteiger partial charge >= 0.3 is 0 Å². The molecule has 1 aliphatic heterocycles. The zero-order valence-electron chi connectivity index (χ0n) is 19.9. The molecule has 0 radical (unpaired) electrons. The number of amides is 1. The summed E-state index contributed by atoms with van der Waals surface area (Å²) >= 11 is 0. The van der Waals surface area contributed by atoms with Gasteiger partial charge in [0.2, 0.25) is 5.91 Å². The normalized spacial score (nSPS) is 15.1. The lowest BCUT2D eigenvalue weighted by Crippen LogP contribution is -2.41. The number of carbonyl (C=O) groups excluding carboxylic acids is 1. The fourth-order valence-corrected chi connectivity index (χ4v) is 4.34. The van der Waals surface area contributed by atoms with Crippen molar-refractivity contribution in [3.8, 4) is 16.9 Å². The number of fused-ring (bicyclic) bond motifs is 1. The number of allylic oxidation sites excluding steroid dienone is 1. The average molecular weight is 449 g/mol. The lowest BCUT2D eigenvalue weighted by molar-refractivity contribution is -0.116. The van der Waals surface area contributed by atoms with Crippen LogP contribution in [0.3, 0.4) is 0 Å². The highest BCUT2D eigenvalue weighted by Gasteiger charge is 2.16. The van der Waals surface area contributed by atoms with E-state index in [1.807, 2.05) is 13.0 Å². The number of nitrogens with zero attached hydrogens (tertiary/aromatic N) is 1. The van der Waals surface area contributed by atoms with E-state index in [0.717, 1.165) is 66.1 Å². The van der Waals surface area contributed by atoms with Gasteiger partial charge in [0.15, 0.2) is 0 Å². The average Bonchev–Trinajstić information content (AvgIpc) is 3.21. The van der Waals surface area contributed by atoms with Crippen molar-refractivity contribution in [2.24, 2.45) is 0 Å². The Morgan fingerprint density at radius 1 is 1.15 bits per heavy atom. The number of rotatable bonds is 7. The van der Waals surface area contributed by atoms with E-state index in [2.05, 4.69) is 48.3 Å². The van der Waals surface area contributed by atoms with Crippen molar-refractivity contribution < 1.29 is 18.7 Å². The first-order valence-electron chi connectivity index (χ1n) is 11.4. The summed E-state index contributed by atoms with van der Waals surface area (Å²) in [5.41, 5.74) is 7.07. The first kappa shape index (κ1) is 23.1. The smallest absolute Gasteiger partial charge is 0.244 e. The Morgan fingerprint density at radius 3 is 2.67 bits per heavy atom. The molecule has 0 atom stereocenters. The van der Waals surface area contributed by atoms with Crippen molar-refractivity contribution in [3.05, 3.63) is 59.4 Å². The van der Waals surface area contributed by atoms with Crippen LogP contribution in [0.15, 0.2) is 47.1 Å². The van der Waals surface area contributed by atoms with Gasteiger partial charge in [0.05, 0.1) is 26.6 Å². The van der Waals surface area contributed by atoms with Crippen molar-refractivity contribution in [2.75, 3.05) is 46.5 Å². The molecule has 4 rings (SSSR count). The maximum atomic E-state index is 12.6. The summed E-state index contributed by atoms with van der Waals surface area (Å²) in [5, 5.41) is 3.99. The summed E-state index contributed by atoms with van der Waals surface area (Å²) < 4.78 is 16.9. The van der Waals surface area contributed by atoms with Crippen molar-refractivity contribution in [2.45, 2.75) is 20.8 Å². The zero-order chi connectivity index (χ0) is 23.4. The minimum absolute atomic E-state index is 0.107. The minimum atomic E-state index is -0.107. The molecule has 33 heavy (non-hydrogen) atoms. The molecule has 1 amide bonds. The van der Waals surface area contributed by atoms with Gasteiger partial charge in [-0.1, -0.05) is 23.8 Å². The number of furan rings is 1. The van der Waals surface area contributed by atoms with E-state index in [9.17, 15) is 4.79 Å². The topological polar surface area (TPSA) is 63.9 Å². The number of methoxy groups -OCH3 is 1. The molecule has 0 spiro atoms. The highest BCUT2D eigenvalue weighted by Crippen LogP contribution is 2.38. The first-order valence-corrected chi connectivity index (χ1v) is 11.4. The largest absolute Gasteiger partial charge is 0.496 e. The highest BCUT2D eigenvalue weighted by atomic mass is 16.5. The molecule has 6 nitrogen and oxygen atoms in total. The van der Waals surface area contributed by atoms with E-state index in [-0.39, 0.29) is 5.91 Å². The van der Waals surface area contributed by atoms with E-state index in [1.54, 1.807) is 19.4 Å². The summed E-state index contributed by atoms with van der Waals surface area (Å²) in [6.07, 6.45) is 3.43. The van der Waals surface area contributed by atoms with Crippen LogP contribution in [0.5, 0.6) is 5.75 Å². The van der Waals surface area contributed by atoms with Crippen LogP contribution in [0.2, 0.25) is 0 Å². The molecule has 0 bridgehead atoms. The van der Waals surface area contributed by atoms with Gasteiger partial charge in [-0.15, -0.1) is 0 Å². The van der Waals surface area contributed by atoms with Crippen LogP contribution in [0.1, 0.15) is 23.6 Å². The van der Waals surface area contributed by atoms with Crippen LogP contribution in [-0.4, -0.2) is 57.3 Å². The fourth-order valence-electron chi connectivity index (χ4n) is 4.34. The monoisotopic (exact) mass is 448 g/mol. The Hall–Kier alpha value is -3.09. The molecule has 1 fully saturated rings. The van der Waals surface area contributed by atoms with Crippen molar-refractivity contribution in [3.63, 3.8) is 0 Å². The van der Waals surface area contributed by atoms with Gasteiger partial charge < -0.3 is 19.2 Å². The van der Waals surface area contributed by atoms with Gasteiger partial charge in [0, 0.05) is 54.8 Å². The Labute approximate surface area is 195 Å². The number of nitrogens with one attached hydrogen (secondary N) is 1. The Morgan fingerprint density at radius 2 is 1.94 bits per heavy atom. The van der Waals surface area contributed by atoms with Crippen LogP contribution in [0, 0.1) is 13.8 Å². The number of benzene rings is 2. The Bertz CT molecular complexity index is 1170. The summed E-state index contributed by atoms with van der Waals surface area (Å²) in [5.74, 6) is 0.573. The highest BCUT2D eigenvalue weighted by molar-refractivity contribution is 6.00. The molecule has 174 valence electrons. The minimum Gasteiger partial charge on any atom is -0.496 e. The molecule has 1 aromatic heterocycles. The van der Waals surface area contributed by atoms with Gasteiger partial charge in [-0.05, 0) is 43.5 Å². The number of hydrogen-bond donors (Lipinski definition) is 1. The molecule has 0 aliphatic carbocycles. The molecule has 1 aliphatic rings. The van der Waals surface area contributed by atoms with Gasteiger partial charge in [-0.25, -0.2) is 0 Å². The SMILES string of the molecule is COc1cc2occ(-c3ccc(C)cc3C)c2cc1/C(C)=C/C(=O)NCCN1CCOCC1. The number of hydrogen-bond acceptors (Lipinski definition) is 5. The lowest BCUT2D eigenvalue weighted by Gasteiger charge is -2.26. The standard InChI is InChI=1S/C27H32N2O4/c1-18-5-6-21(19(2)13-18)24-17-33-26-16-25(31-4)22(15-23(24)26)20(3)14-27(30)28-7-8-29-9-11-32-12-10-29/h5-6,13-17H,7-12H2,1-4H3,(H,28,30)/b20-14+. The van der Waals surface area contributed by atoms with E-state index >= 15 is 0 Å². The number of aryl methyl sites for hydroxylation is 2. The van der Waals surface area contributed by atoms with Crippen LogP contribution >= 0.6 is 0 Å². The molecular weight excluding hydrogens is 416 g/mol. The second kappa shape index (κ2) is 10.2. The van der Waals surface area contributed by atoms with E-state index in [1.165, 1.54) is 11.1 Å². The summed E-state index contributed by atoms with van der Waals surface area (Å²) in [4.78, 5) is 14.9. The maximum absolute atomic E-state index is 12.6. The van der Waals surface area contributed by atoms with E-state index in [0.29, 0.717) is 12.3 Å². The summed E-state index contributed by atoms with van der Waals surface area (Å²) in [7, 11) is 1.63. The Balaban J connectivity index is 1.57.